The van der Waals surface area contributed by atoms with Gasteiger partial charge in [0.05, 0.1) is 0 Å². The zero-order valence-electron chi connectivity index (χ0n) is 16.3. The number of nitrogens with zero attached hydrogens (tertiary/aromatic N) is 3. The number of carbonyl (C=O) groups is 2. The van der Waals surface area contributed by atoms with E-state index in [2.05, 4.69) is 4.98 Å². The van der Waals surface area contributed by atoms with Crippen LogP contribution in [0.2, 0.25) is 0 Å². The summed E-state index contributed by atoms with van der Waals surface area (Å²) < 4.78 is 10.8. The number of aliphatic hydroxyl groups is 1. The van der Waals surface area contributed by atoms with E-state index in [1.807, 2.05) is 6.92 Å². The molecule has 2 atom stereocenters. The van der Waals surface area contributed by atoms with Crippen LogP contribution in [0.3, 0.4) is 0 Å². The van der Waals surface area contributed by atoms with Crippen molar-refractivity contribution < 1.29 is 24.2 Å². The normalized spacial score (nSPS) is 21.1. The lowest BCUT2D eigenvalue weighted by molar-refractivity contribution is -0.0964. The van der Waals surface area contributed by atoms with Gasteiger partial charge in [0.25, 0.3) is 0 Å². The van der Waals surface area contributed by atoms with Crippen molar-refractivity contribution in [1.29, 1.82) is 0 Å². The van der Waals surface area contributed by atoms with Crippen LogP contribution in [0, 0.1) is 6.92 Å². The second kappa shape index (κ2) is 7.03. The summed E-state index contributed by atoms with van der Waals surface area (Å²) in [7, 11) is 0. The minimum absolute atomic E-state index is 0.130. The van der Waals surface area contributed by atoms with Gasteiger partial charge < -0.3 is 14.6 Å². The fourth-order valence-corrected chi connectivity index (χ4v) is 3.34. The third-order valence-corrected chi connectivity index (χ3v) is 4.34. The summed E-state index contributed by atoms with van der Waals surface area (Å²) in [4.78, 5) is 30.7. The Balaban J connectivity index is 2.38. The van der Waals surface area contributed by atoms with Gasteiger partial charge in [-0.25, -0.2) is 19.6 Å². The summed E-state index contributed by atoms with van der Waals surface area (Å²) in [5.41, 5.74) is -1.53. The first-order valence-electron chi connectivity index (χ1n) is 8.43. The molecule has 1 aromatic rings. The topological polar surface area (TPSA) is 92.2 Å². The van der Waals surface area contributed by atoms with Gasteiger partial charge in [0.1, 0.15) is 22.3 Å². The number of hydrazine groups is 1. The number of rotatable bonds is 1. The fraction of sp³-hybridized carbons (Fsp3) is 0.706. The van der Waals surface area contributed by atoms with Crippen molar-refractivity contribution in [3.63, 3.8) is 0 Å². The van der Waals surface area contributed by atoms with Crippen LogP contribution in [0.1, 0.15) is 63.9 Å². The molecule has 1 N–H and O–H groups in total. The highest BCUT2D eigenvalue weighted by molar-refractivity contribution is 7.11. The van der Waals surface area contributed by atoms with Gasteiger partial charge in [-0.2, -0.15) is 5.01 Å². The molecule has 2 rings (SSSR count). The molecule has 9 heteroatoms. The first kappa shape index (κ1) is 20.4. The summed E-state index contributed by atoms with van der Waals surface area (Å²) >= 11 is 1.40. The lowest BCUT2D eigenvalue weighted by Gasteiger charge is -2.34. The van der Waals surface area contributed by atoms with E-state index in [4.69, 9.17) is 9.47 Å². The maximum atomic E-state index is 12.8. The van der Waals surface area contributed by atoms with Crippen molar-refractivity contribution in [2.45, 2.75) is 78.4 Å². The Morgan fingerprint density at radius 1 is 1.12 bits per heavy atom. The second-order valence-electron chi connectivity index (χ2n) is 8.19. The molecule has 2 heterocycles. The van der Waals surface area contributed by atoms with Crippen LogP contribution in [-0.2, 0) is 9.47 Å². The lowest BCUT2D eigenvalue weighted by Crippen LogP contribution is -2.51. The molecule has 0 spiro atoms. The van der Waals surface area contributed by atoms with Gasteiger partial charge in [-0.1, -0.05) is 0 Å². The van der Waals surface area contributed by atoms with Crippen LogP contribution >= 0.6 is 11.3 Å². The summed E-state index contributed by atoms with van der Waals surface area (Å²) in [5, 5.41) is 13.1. The van der Waals surface area contributed by atoms with Crippen molar-refractivity contribution >= 4 is 23.5 Å². The van der Waals surface area contributed by atoms with Crippen molar-refractivity contribution in [3.8, 4) is 0 Å². The minimum Gasteiger partial charge on any atom is -0.442 e. The Bertz CT molecular complexity index is 677. The van der Waals surface area contributed by atoms with Crippen LogP contribution in [0.4, 0.5) is 9.59 Å². The van der Waals surface area contributed by atoms with Crippen molar-refractivity contribution in [1.82, 2.24) is 15.0 Å². The smallest absolute Gasteiger partial charge is 0.431 e. The van der Waals surface area contributed by atoms with E-state index in [9.17, 15) is 14.7 Å². The van der Waals surface area contributed by atoms with Crippen molar-refractivity contribution in [2.75, 3.05) is 0 Å². The number of amides is 2. The van der Waals surface area contributed by atoms with E-state index in [1.165, 1.54) is 11.3 Å². The molecule has 0 saturated carbocycles. The number of aryl methyl sites for hydroxylation is 1. The molecule has 1 aliphatic heterocycles. The maximum absolute atomic E-state index is 12.8. The Labute approximate surface area is 157 Å². The third kappa shape index (κ3) is 4.85. The zero-order chi connectivity index (χ0) is 19.9. The number of thiazole rings is 1. The summed E-state index contributed by atoms with van der Waals surface area (Å²) in [6.45, 7) is 12.2. The Morgan fingerprint density at radius 2 is 1.62 bits per heavy atom. The van der Waals surface area contributed by atoms with Crippen LogP contribution in [0.25, 0.3) is 0 Å². The summed E-state index contributed by atoms with van der Waals surface area (Å²) in [5.74, 6) is 0. The van der Waals surface area contributed by atoms with Gasteiger partial charge in [0, 0.05) is 17.5 Å². The summed E-state index contributed by atoms with van der Waals surface area (Å²) in [6, 6.07) is -0.605. The average molecular weight is 385 g/mol. The molecule has 0 radical (unpaired) electrons. The standard InChI is InChI=1S/C17H27N3O5S/c1-10-9-18-13(26-10)11-8-12(21)20(15(23)25-17(5,6)7)19(11)14(22)24-16(2,3)4/h9,11-12,21H,8H2,1-7H3. The fourth-order valence-electron chi connectivity index (χ4n) is 2.47. The molecular formula is C17H27N3O5S. The second-order valence-corrected chi connectivity index (χ2v) is 9.46. The molecule has 1 saturated heterocycles. The van der Waals surface area contributed by atoms with Crippen molar-refractivity contribution in [2.24, 2.45) is 0 Å². The SMILES string of the molecule is Cc1cnc(C2CC(O)N(C(=O)OC(C)(C)C)N2C(=O)OC(C)(C)C)s1. The molecule has 146 valence electrons. The molecular weight excluding hydrogens is 358 g/mol. The first-order valence-corrected chi connectivity index (χ1v) is 9.25. The molecule has 1 fully saturated rings. The Hall–Kier alpha value is -1.87. The number of hydrogen-bond acceptors (Lipinski definition) is 7. The quantitative estimate of drug-likeness (QED) is 0.794. The van der Waals surface area contributed by atoms with Gasteiger partial charge in [0.15, 0.2) is 6.23 Å². The highest BCUT2D eigenvalue weighted by Gasteiger charge is 2.49. The highest BCUT2D eigenvalue weighted by atomic mass is 32.1. The molecule has 1 aliphatic rings. The van der Waals surface area contributed by atoms with Gasteiger partial charge >= 0.3 is 12.2 Å². The van der Waals surface area contributed by atoms with E-state index in [-0.39, 0.29) is 6.42 Å². The van der Waals surface area contributed by atoms with E-state index in [0.29, 0.717) is 5.01 Å². The zero-order valence-corrected chi connectivity index (χ0v) is 17.1. The molecule has 2 unspecified atom stereocenters. The lowest BCUT2D eigenvalue weighted by atomic mass is 10.2. The van der Waals surface area contributed by atoms with Crippen LogP contribution in [0.5, 0.6) is 0 Å². The van der Waals surface area contributed by atoms with Crippen molar-refractivity contribution in [3.05, 3.63) is 16.1 Å². The number of carbonyl (C=O) groups excluding carboxylic acids is 2. The van der Waals surface area contributed by atoms with Crippen LogP contribution in [-0.4, -0.2) is 49.7 Å². The van der Waals surface area contributed by atoms with Gasteiger partial charge in [-0.15, -0.1) is 11.3 Å². The highest BCUT2D eigenvalue weighted by Crippen LogP contribution is 2.39. The number of aromatic nitrogens is 1. The molecule has 0 bridgehead atoms. The van der Waals surface area contributed by atoms with Gasteiger partial charge in [-0.05, 0) is 48.5 Å². The molecule has 0 aliphatic carbocycles. The first-order chi connectivity index (χ1) is 11.8. The van der Waals surface area contributed by atoms with Crippen LogP contribution in [0.15, 0.2) is 6.20 Å². The van der Waals surface area contributed by atoms with E-state index in [0.717, 1.165) is 14.9 Å². The monoisotopic (exact) mass is 385 g/mol. The number of aliphatic hydroxyl groups excluding tert-OH is 1. The van der Waals surface area contributed by atoms with Gasteiger partial charge in [0.2, 0.25) is 0 Å². The average Bonchev–Trinajstić information content (AvgIpc) is 2.98. The Morgan fingerprint density at radius 3 is 2.04 bits per heavy atom. The summed E-state index contributed by atoms with van der Waals surface area (Å²) in [6.07, 6.45) is -0.947. The van der Waals surface area contributed by atoms with Crippen LogP contribution < -0.4 is 0 Å². The largest absolute Gasteiger partial charge is 0.442 e. The number of ether oxygens (including phenoxy) is 2. The molecule has 8 nitrogen and oxygen atoms in total. The van der Waals surface area contributed by atoms with E-state index < -0.39 is 35.7 Å². The predicted molar refractivity (Wildman–Crippen MR) is 96.4 cm³/mol. The molecule has 2 amide bonds. The minimum atomic E-state index is -1.22. The molecule has 26 heavy (non-hydrogen) atoms. The molecule has 1 aromatic heterocycles. The van der Waals surface area contributed by atoms with Gasteiger partial charge in [-0.3, -0.25) is 0 Å². The maximum Gasteiger partial charge on any atom is 0.431 e. The van der Waals surface area contributed by atoms with E-state index in [1.54, 1.807) is 47.7 Å². The van der Waals surface area contributed by atoms with E-state index >= 15 is 0 Å². The number of hydrogen-bond donors (Lipinski definition) is 1. The Kier molecular flexibility index (Phi) is 5.53. The third-order valence-electron chi connectivity index (χ3n) is 3.33. The predicted octanol–water partition coefficient (Wildman–Crippen LogP) is 3.60. The molecule has 0 aromatic carbocycles.